The van der Waals surface area contributed by atoms with Crippen molar-refractivity contribution in [3.63, 3.8) is 0 Å². The third kappa shape index (κ3) is 4.64. The summed E-state index contributed by atoms with van der Waals surface area (Å²) in [5, 5.41) is 12.4. The summed E-state index contributed by atoms with van der Waals surface area (Å²) in [6, 6.07) is 8.44. The van der Waals surface area contributed by atoms with Crippen LogP contribution in [0.2, 0.25) is 0 Å². The van der Waals surface area contributed by atoms with Gasteiger partial charge < -0.3 is 15.2 Å². The van der Waals surface area contributed by atoms with Crippen molar-refractivity contribution in [1.82, 2.24) is 5.32 Å². The van der Waals surface area contributed by atoms with Crippen LogP contribution in [0.3, 0.4) is 0 Å². The van der Waals surface area contributed by atoms with Crippen LogP contribution in [-0.2, 0) is 6.42 Å². The van der Waals surface area contributed by atoms with Crippen LogP contribution in [0.25, 0.3) is 0 Å². The van der Waals surface area contributed by atoms with Gasteiger partial charge in [-0.2, -0.15) is 0 Å². The van der Waals surface area contributed by atoms with Crippen LogP contribution >= 0.6 is 0 Å². The molecule has 0 heterocycles. The molecule has 0 aliphatic rings. The van der Waals surface area contributed by atoms with Crippen LogP contribution in [0.1, 0.15) is 19.4 Å². The molecular formula is C13H21NO2. The van der Waals surface area contributed by atoms with Gasteiger partial charge in [0.25, 0.3) is 0 Å². The molecule has 90 valence electrons. The van der Waals surface area contributed by atoms with Gasteiger partial charge in [-0.3, -0.25) is 0 Å². The smallest absolute Gasteiger partial charge is 0.118 e. The van der Waals surface area contributed by atoms with E-state index < -0.39 is 0 Å². The van der Waals surface area contributed by atoms with Crippen molar-refractivity contribution in [2.24, 2.45) is 0 Å². The number of nitrogens with one attached hydrogen (secondary N) is 1. The Bertz CT molecular complexity index is 295. The van der Waals surface area contributed by atoms with E-state index >= 15 is 0 Å². The predicted molar refractivity (Wildman–Crippen MR) is 65.8 cm³/mol. The van der Waals surface area contributed by atoms with E-state index in [4.69, 9.17) is 9.84 Å². The molecule has 3 heteroatoms. The fourth-order valence-electron chi connectivity index (χ4n) is 1.56. The van der Waals surface area contributed by atoms with Gasteiger partial charge >= 0.3 is 0 Å². The third-order valence-corrected chi connectivity index (χ3v) is 2.46. The second-order valence-electron chi connectivity index (χ2n) is 4.21. The maximum Gasteiger partial charge on any atom is 0.118 e. The number of benzene rings is 1. The topological polar surface area (TPSA) is 41.5 Å². The Labute approximate surface area is 97.4 Å². The second-order valence-corrected chi connectivity index (χ2v) is 4.21. The van der Waals surface area contributed by atoms with E-state index in [1.54, 1.807) is 14.0 Å². The lowest BCUT2D eigenvalue weighted by Gasteiger charge is -2.15. The van der Waals surface area contributed by atoms with Gasteiger partial charge in [-0.1, -0.05) is 12.1 Å². The molecule has 1 aromatic rings. The fourth-order valence-corrected chi connectivity index (χ4v) is 1.56. The van der Waals surface area contributed by atoms with Gasteiger partial charge in [-0.15, -0.1) is 0 Å². The lowest BCUT2D eigenvalue weighted by molar-refractivity contribution is 0.187. The molecule has 3 nitrogen and oxygen atoms in total. The normalized spacial score (nSPS) is 14.5. The maximum absolute atomic E-state index is 9.16. The van der Waals surface area contributed by atoms with Crippen LogP contribution in [0, 0.1) is 0 Å². The molecule has 0 amide bonds. The fraction of sp³-hybridized carbons (Fsp3) is 0.538. The first-order valence-electron chi connectivity index (χ1n) is 5.66. The molecule has 0 radical (unpaired) electrons. The standard InChI is InChI=1S/C13H21NO2/c1-10(14-9-11(2)15)8-12-4-6-13(16-3)7-5-12/h4-7,10-11,14-15H,8-9H2,1-3H3/t10?,11-/m0/s1. The first-order chi connectivity index (χ1) is 7.61. The van der Waals surface area contributed by atoms with Crippen LogP contribution in [0.4, 0.5) is 0 Å². The quantitative estimate of drug-likeness (QED) is 0.769. The Morgan fingerprint density at radius 3 is 2.38 bits per heavy atom. The summed E-state index contributed by atoms with van der Waals surface area (Å²) in [7, 11) is 1.67. The maximum atomic E-state index is 9.16. The minimum absolute atomic E-state index is 0.293. The number of hydrogen-bond donors (Lipinski definition) is 2. The van der Waals surface area contributed by atoms with Crippen molar-refractivity contribution in [3.05, 3.63) is 29.8 Å². The van der Waals surface area contributed by atoms with E-state index in [0.717, 1.165) is 12.2 Å². The molecule has 0 aliphatic heterocycles. The highest BCUT2D eigenvalue weighted by atomic mass is 16.5. The van der Waals surface area contributed by atoms with E-state index in [1.807, 2.05) is 12.1 Å². The van der Waals surface area contributed by atoms with E-state index in [1.165, 1.54) is 5.56 Å². The molecule has 0 bridgehead atoms. The van der Waals surface area contributed by atoms with Crippen molar-refractivity contribution >= 4 is 0 Å². The van der Waals surface area contributed by atoms with E-state index in [9.17, 15) is 0 Å². The number of hydrogen-bond acceptors (Lipinski definition) is 3. The summed E-state index contributed by atoms with van der Waals surface area (Å²) in [6.45, 7) is 4.54. The van der Waals surface area contributed by atoms with Crippen molar-refractivity contribution in [3.8, 4) is 5.75 Å². The Balaban J connectivity index is 2.40. The highest BCUT2D eigenvalue weighted by Crippen LogP contribution is 2.12. The minimum atomic E-state index is -0.293. The van der Waals surface area contributed by atoms with Crippen molar-refractivity contribution in [2.45, 2.75) is 32.4 Å². The molecule has 1 aromatic carbocycles. The van der Waals surface area contributed by atoms with Gasteiger partial charge in [0.05, 0.1) is 13.2 Å². The number of aliphatic hydroxyl groups excluding tert-OH is 1. The average Bonchev–Trinajstić information content (AvgIpc) is 2.27. The molecule has 1 unspecified atom stereocenters. The average molecular weight is 223 g/mol. The summed E-state index contributed by atoms with van der Waals surface area (Å²) in [5.74, 6) is 0.883. The lowest BCUT2D eigenvalue weighted by atomic mass is 10.1. The second kappa shape index (κ2) is 6.51. The lowest BCUT2D eigenvalue weighted by Crippen LogP contribution is -2.33. The highest BCUT2D eigenvalue weighted by molar-refractivity contribution is 5.27. The number of aliphatic hydroxyl groups is 1. The molecule has 1 rings (SSSR count). The van der Waals surface area contributed by atoms with Crippen molar-refractivity contribution in [2.75, 3.05) is 13.7 Å². The van der Waals surface area contributed by atoms with E-state index in [2.05, 4.69) is 24.4 Å². The first kappa shape index (κ1) is 13.0. The van der Waals surface area contributed by atoms with Crippen LogP contribution in [0.5, 0.6) is 5.75 Å². The first-order valence-corrected chi connectivity index (χ1v) is 5.66. The van der Waals surface area contributed by atoms with Crippen molar-refractivity contribution < 1.29 is 9.84 Å². The molecule has 2 atom stereocenters. The molecule has 0 fully saturated rings. The SMILES string of the molecule is COc1ccc(CC(C)NC[C@H](C)O)cc1. The van der Waals surface area contributed by atoms with Crippen LogP contribution in [0.15, 0.2) is 24.3 Å². The summed E-state index contributed by atoms with van der Waals surface area (Å²) in [6.07, 6.45) is 0.662. The molecule has 0 aromatic heterocycles. The molecular weight excluding hydrogens is 202 g/mol. The Hall–Kier alpha value is -1.06. The molecule has 0 aliphatic carbocycles. The van der Waals surface area contributed by atoms with Crippen molar-refractivity contribution in [1.29, 1.82) is 0 Å². The molecule has 2 N–H and O–H groups in total. The number of methoxy groups -OCH3 is 1. The number of rotatable bonds is 6. The molecule has 0 spiro atoms. The van der Waals surface area contributed by atoms with Gasteiger partial charge in [-0.25, -0.2) is 0 Å². The van der Waals surface area contributed by atoms with Gasteiger partial charge in [0, 0.05) is 12.6 Å². The Morgan fingerprint density at radius 1 is 1.25 bits per heavy atom. The molecule has 0 saturated heterocycles. The zero-order valence-electron chi connectivity index (χ0n) is 10.2. The van der Waals surface area contributed by atoms with Gasteiger partial charge in [0.15, 0.2) is 0 Å². The summed E-state index contributed by atoms with van der Waals surface area (Å²) in [5.41, 5.74) is 1.27. The van der Waals surface area contributed by atoms with Gasteiger partial charge in [-0.05, 0) is 38.0 Å². The summed E-state index contributed by atoms with van der Waals surface area (Å²) >= 11 is 0. The number of ether oxygens (including phenoxy) is 1. The summed E-state index contributed by atoms with van der Waals surface area (Å²) < 4.78 is 5.10. The minimum Gasteiger partial charge on any atom is -0.497 e. The van der Waals surface area contributed by atoms with E-state index in [0.29, 0.717) is 12.6 Å². The van der Waals surface area contributed by atoms with Gasteiger partial charge in [0.2, 0.25) is 0 Å². The largest absolute Gasteiger partial charge is 0.497 e. The molecule has 16 heavy (non-hydrogen) atoms. The zero-order valence-corrected chi connectivity index (χ0v) is 10.2. The van der Waals surface area contributed by atoms with E-state index in [-0.39, 0.29) is 6.10 Å². The summed E-state index contributed by atoms with van der Waals surface area (Å²) in [4.78, 5) is 0. The zero-order chi connectivity index (χ0) is 12.0. The predicted octanol–water partition coefficient (Wildman–Crippen LogP) is 1.60. The molecule has 0 saturated carbocycles. The Kier molecular flexibility index (Phi) is 5.29. The van der Waals surface area contributed by atoms with Crippen LogP contribution in [-0.4, -0.2) is 30.9 Å². The monoisotopic (exact) mass is 223 g/mol. The van der Waals surface area contributed by atoms with Crippen LogP contribution < -0.4 is 10.1 Å². The highest BCUT2D eigenvalue weighted by Gasteiger charge is 2.04. The Morgan fingerprint density at radius 2 is 1.88 bits per heavy atom. The third-order valence-electron chi connectivity index (χ3n) is 2.46. The van der Waals surface area contributed by atoms with Gasteiger partial charge in [0.1, 0.15) is 5.75 Å².